The molecule has 1 aromatic carbocycles. The second-order valence-electron chi connectivity index (χ2n) is 4.80. The van der Waals surface area contributed by atoms with Gasteiger partial charge in [-0.05, 0) is 54.9 Å². The highest BCUT2D eigenvalue weighted by atomic mass is 19.4. The van der Waals surface area contributed by atoms with Crippen LogP contribution in [0.25, 0.3) is 0 Å². The summed E-state index contributed by atoms with van der Waals surface area (Å²) in [5.41, 5.74) is 2.55. The van der Waals surface area contributed by atoms with Gasteiger partial charge in [0.15, 0.2) is 0 Å². The van der Waals surface area contributed by atoms with E-state index in [0.29, 0.717) is 12.3 Å². The zero-order valence-corrected chi connectivity index (χ0v) is 9.90. The average molecular weight is 244 g/mol. The van der Waals surface area contributed by atoms with E-state index in [2.05, 4.69) is 11.7 Å². The van der Waals surface area contributed by atoms with Gasteiger partial charge in [-0.3, -0.25) is 0 Å². The molecule has 0 heterocycles. The SMILES string of the molecule is Cc1cc2c(c(OC(F)(F)F)c1)CC(C)CC2. The van der Waals surface area contributed by atoms with Crippen LogP contribution in [0.5, 0.6) is 5.75 Å². The van der Waals surface area contributed by atoms with Gasteiger partial charge in [0.25, 0.3) is 0 Å². The Balaban J connectivity index is 2.40. The van der Waals surface area contributed by atoms with Gasteiger partial charge in [0.05, 0.1) is 0 Å². The van der Waals surface area contributed by atoms with Crippen LogP contribution in [0.2, 0.25) is 0 Å². The van der Waals surface area contributed by atoms with Crippen molar-refractivity contribution in [3.63, 3.8) is 0 Å². The van der Waals surface area contributed by atoms with Crippen molar-refractivity contribution in [1.29, 1.82) is 0 Å². The molecule has 17 heavy (non-hydrogen) atoms. The number of rotatable bonds is 1. The molecule has 1 nitrogen and oxygen atoms in total. The fourth-order valence-electron chi connectivity index (χ4n) is 2.38. The van der Waals surface area contributed by atoms with Gasteiger partial charge in [-0.1, -0.05) is 13.0 Å². The first-order valence-corrected chi connectivity index (χ1v) is 5.73. The van der Waals surface area contributed by atoms with Crippen molar-refractivity contribution in [3.8, 4) is 5.75 Å². The third-order valence-corrected chi connectivity index (χ3v) is 3.13. The summed E-state index contributed by atoms with van der Waals surface area (Å²) in [5.74, 6) is 0.403. The maximum Gasteiger partial charge on any atom is 0.573 e. The lowest BCUT2D eigenvalue weighted by Crippen LogP contribution is -2.21. The number of fused-ring (bicyclic) bond motifs is 1. The molecule has 2 rings (SSSR count). The van der Waals surface area contributed by atoms with Crippen LogP contribution in [0.4, 0.5) is 13.2 Å². The molecule has 94 valence electrons. The average Bonchev–Trinajstić information content (AvgIpc) is 2.16. The Morgan fingerprint density at radius 3 is 2.65 bits per heavy atom. The number of aryl methyl sites for hydroxylation is 2. The molecule has 0 amide bonds. The van der Waals surface area contributed by atoms with Gasteiger partial charge in [-0.15, -0.1) is 13.2 Å². The standard InChI is InChI=1S/C13H15F3O/c1-8-3-4-10-5-9(2)7-12(11(10)6-8)17-13(14,15)16/h5,7-8H,3-4,6H2,1-2H3. The molecular weight excluding hydrogens is 229 g/mol. The molecule has 0 fully saturated rings. The van der Waals surface area contributed by atoms with Crippen molar-refractivity contribution >= 4 is 0 Å². The molecule has 1 aliphatic rings. The van der Waals surface area contributed by atoms with Gasteiger partial charge in [0, 0.05) is 0 Å². The number of benzene rings is 1. The fourth-order valence-corrected chi connectivity index (χ4v) is 2.38. The predicted octanol–water partition coefficient (Wildman–Crippen LogP) is 4.02. The molecule has 4 heteroatoms. The highest BCUT2D eigenvalue weighted by Crippen LogP contribution is 2.36. The molecule has 1 atom stereocenters. The zero-order chi connectivity index (χ0) is 12.6. The predicted molar refractivity (Wildman–Crippen MR) is 59.1 cm³/mol. The molecule has 1 aliphatic carbocycles. The van der Waals surface area contributed by atoms with Crippen molar-refractivity contribution in [2.45, 2.75) is 39.5 Å². The Hall–Kier alpha value is -1.19. The van der Waals surface area contributed by atoms with Crippen molar-refractivity contribution in [2.24, 2.45) is 5.92 Å². The third kappa shape index (κ3) is 2.93. The minimum absolute atomic E-state index is 0.0148. The first-order chi connectivity index (χ1) is 7.85. The second-order valence-corrected chi connectivity index (χ2v) is 4.80. The summed E-state index contributed by atoms with van der Waals surface area (Å²) in [6.45, 7) is 3.85. The van der Waals surface area contributed by atoms with Crippen molar-refractivity contribution in [3.05, 3.63) is 28.8 Å². The Bertz CT molecular complexity index is 423. The molecule has 0 spiro atoms. The number of hydrogen-bond acceptors (Lipinski definition) is 1. The van der Waals surface area contributed by atoms with E-state index in [-0.39, 0.29) is 5.75 Å². The van der Waals surface area contributed by atoms with E-state index in [1.54, 1.807) is 6.92 Å². The van der Waals surface area contributed by atoms with Gasteiger partial charge in [-0.25, -0.2) is 0 Å². The number of halogens is 3. The molecular formula is C13H15F3O. The Labute approximate surface area is 98.6 Å². The molecule has 0 N–H and O–H groups in total. The number of hydrogen-bond donors (Lipinski definition) is 0. The number of alkyl halides is 3. The Kier molecular flexibility index (Phi) is 3.06. The monoisotopic (exact) mass is 244 g/mol. The maximum atomic E-state index is 12.3. The lowest BCUT2D eigenvalue weighted by atomic mass is 9.84. The summed E-state index contributed by atoms with van der Waals surface area (Å²) in [6, 6.07) is 3.44. The Morgan fingerprint density at radius 2 is 2.00 bits per heavy atom. The zero-order valence-electron chi connectivity index (χ0n) is 9.90. The highest BCUT2D eigenvalue weighted by Gasteiger charge is 2.33. The summed E-state index contributed by atoms with van der Waals surface area (Å²) in [4.78, 5) is 0. The molecule has 0 saturated carbocycles. The first kappa shape index (κ1) is 12.3. The lowest BCUT2D eigenvalue weighted by Gasteiger charge is -2.25. The minimum atomic E-state index is -4.61. The van der Waals surface area contributed by atoms with E-state index in [0.717, 1.165) is 29.5 Å². The molecule has 1 aromatic rings. The summed E-state index contributed by atoms with van der Waals surface area (Å²) < 4.78 is 41.1. The lowest BCUT2D eigenvalue weighted by molar-refractivity contribution is -0.275. The van der Waals surface area contributed by atoms with Crippen LogP contribution >= 0.6 is 0 Å². The quantitative estimate of drug-likeness (QED) is 0.725. The van der Waals surface area contributed by atoms with Crippen LogP contribution in [-0.2, 0) is 12.8 Å². The first-order valence-electron chi connectivity index (χ1n) is 5.73. The fraction of sp³-hybridized carbons (Fsp3) is 0.538. The normalized spacial score (nSPS) is 19.9. The Morgan fingerprint density at radius 1 is 1.29 bits per heavy atom. The van der Waals surface area contributed by atoms with Crippen molar-refractivity contribution in [1.82, 2.24) is 0 Å². The summed E-state index contributed by atoms with van der Waals surface area (Å²) in [7, 11) is 0. The van der Waals surface area contributed by atoms with E-state index < -0.39 is 6.36 Å². The van der Waals surface area contributed by atoms with Gasteiger partial charge >= 0.3 is 6.36 Å². The summed E-state index contributed by atoms with van der Waals surface area (Å²) in [6.07, 6.45) is -2.07. The van der Waals surface area contributed by atoms with Crippen LogP contribution in [0.15, 0.2) is 12.1 Å². The van der Waals surface area contributed by atoms with Crippen LogP contribution < -0.4 is 4.74 Å². The van der Waals surface area contributed by atoms with E-state index in [1.807, 2.05) is 6.07 Å². The van der Waals surface area contributed by atoms with Gasteiger partial charge < -0.3 is 4.74 Å². The van der Waals surface area contributed by atoms with Crippen LogP contribution in [0.1, 0.15) is 30.0 Å². The maximum absolute atomic E-state index is 12.3. The third-order valence-electron chi connectivity index (χ3n) is 3.13. The second kappa shape index (κ2) is 4.24. The molecule has 0 aromatic heterocycles. The van der Waals surface area contributed by atoms with Crippen molar-refractivity contribution < 1.29 is 17.9 Å². The van der Waals surface area contributed by atoms with Gasteiger partial charge in [0.2, 0.25) is 0 Å². The smallest absolute Gasteiger partial charge is 0.405 e. The molecule has 0 bridgehead atoms. The van der Waals surface area contributed by atoms with E-state index in [9.17, 15) is 13.2 Å². The van der Waals surface area contributed by atoms with E-state index in [4.69, 9.17) is 0 Å². The molecule has 1 unspecified atom stereocenters. The number of ether oxygens (including phenoxy) is 1. The van der Waals surface area contributed by atoms with Crippen molar-refractivity contribution in [2.75, 3.05) is 0 Å². The van der Waals surface area contributed by atoms with Crippen LogP contribution in [0.3, 0.4) is 0 Å². The highest BCUT2D eigenvalue weighted by molar-refractivity contribution is 5.45. The van der Waals surface area contributed by atoms with Gasteiger partial charge in [-0.2, -0.15) is 0 Å². The molecule has 0 aliphatic heterocycles. The minimum Gasteiger partial charge on any atom is -0.405 e. The summed E-state index contributed by atoms with van der Waals surface area (Å²) >= 11 is 0. The van der Waals surface area contributed by atoms with E-state index >= 15 is 0 Å². The molecule has 0 radical (unpaired) electrons. The molecule has 0 saturated heterocycles. The van der Waals surface area contributed by atoms with Gasteiger partial charge in [0.1, 0.15) is 5.75 Å². The topological polar surface area (TPSA) is 9.23 Å². The largest absolute Gasteiger partial charge is 0.573 e. The van der Waals surface area contributed by atoms with E-state index in [1.165, 1.54) is 6.07 Å². The van der Waals surface area contributed by atoms with Crippen LogP contribution in [0, 0.1) is 12.8 Å². The summed E-state index contributed by atoms with van der Waals surface area (Å²) in [5, 5.41) is 0. The van der Waals surface area contributed by atoms with Crippen LogP contribution in [-0.4, -0.2) is 6.36 Å².